The molecule has 122 valence electrons. The van der Waals surface area contributed by atoms with Crippen molar-refractivity contribution in [2.45, 2.75) is 5.03 Å². The van der Waals surface area contributed by atoms with Gasteiger partial charge in [0, 0.05) is 10.9 Å². The number of aromatic nitrogens is 1. The number of nitrogens with two attached hydrogens (primary N) is 1. The summed E-state index contributed by atoms with van der Waals surface area (Å²) < 4.78 is 5.17. The van der Waals surface area contributed by atoms with Gasteiger partial charge in [0.2, 0.25) is 0 Å². The minimum atomic E-state index is -0.0891. The van der Waals surface area contributed by atoms with Gasteiger partial charge < -0.3 is 15.6 Å². The summed E-state index contributed by atoms with van der Waals surface area (Å²) in [6.07, 6.45) is 1.91. The number of methoxy groups -OCH3 is 1. The number of aromatic amines is 1. The van der Waals surface area contributed by atoms with Crippen molar-refractivity contribution in [1.29, 1.82) is 0 Å². The molecule has 0 radical (unpaired) electrons. The molecule has 0 aliphatic rings. The molecule has 1 heterocycles. The second-order valence-electron chi connectivity index (χ2n) is 5.11. The third-order valence-electron chi connectivity index (χ3n) is 3.81. The first-order chi connectivity index (χ1) is 11.7. The normalized spacial score (nSPS) is 11.7. The highest BCUT2D eigenvalue weighted by atomic mass is 32.2. The molecular formula is C18H17N3O2S. The molecule has 3 rings (SSSR count). The van der Waals surface area contributed by atoms with Crippen LogP contribution in [-0.4, -0.2) is 24.1 Å². The summed E-state index contributed by atoms with van der Waals surface area (Å²) in [4.78, 5) is 16.3. The molecule has 1 aromatic heterocycles. The van der Waals surface area contributed by atoms with Crippen LogP contribution in [-0.2, 0) is 0 Å². The average molecular weight is 339 g/mol. The predicted octanol–water partition coefficient (Wildman–Crippen LogP) is 2.97. The van der Waals surface area contributed by atoms with Gasteiger partial charge in [-0.3, -0.25) is 4.79 Å². The van der Waals surface area contributed by atoms with E-state index in [1.54, 1.807) is 13.2 Å². The third kappa shape index (κ3) is 2.76. The van der Waals surface area contributed by atoms with E-state index in [1.165, 1.54) is 11.8 Å². The summed E-state index contributed by atoms with van der Waals surface area (Å²) in [5.41, 5.74) is 2.40. The number of thioether (sulfide) groups is 1. The molecule has 24 heavy (non-hydrogen) atoms. The van der Waals surface area contributed by atoms with Crippen molar-refractivity contribution in [3.8, 4) is 5.75 Å². The van der Waals surface area contributed by atoms with Crippen molar-refractivity contribution in [3.63, 3.8) is 0 Å². The number of hydrogen-bond donors (Lipinski definition) is 2. The second-order valence-corrected chi connectivity index (χ2v) is 5.93. The number of fused-ring (bicyclic) bond motifs is 1. The van der Waals surface area contributed by atoms with Gasteiger partial charge in [0.05, 0.1) is 23.2 Å². The fourth-order valence-electron chi connectivity index (χ4n) is 2.61. The molecule has 0 aliphatic carbocycles. The van der Waals surface area contributed by atoms with E-state index in [-0.39, 0.29) is 5.43 Å². The Labute approximate surface area is 143 Å². The van der Waals surface area contributed by atoms with Gasteiger partial charge in [-0.2, -0.15) is 5.10 Å². The van der Waals surface area contributed by atoms with Crippen LogP contribution >= 0.6 is 11.8 Å². The Hall–Kier alpha value is -2.73. The molecule has 0 spiro atoms. The standard InChI is InChI=1S/C18H17N3O2S/c1-23-12-9-7-11(8-10-12)16(21-19)15-17(22)13-5-3-4-6-14(13)20-18(15)24-2/h3-10H,19H2,1-2H3,(H,20,22)/b21-16-. The predicted molar refractivity (Wildman–Crippen MR) is 99.2 cm³/mol. The van der Waals surface area contributed by atoms with Gasteiger partial charge in [-0.15, -0.1) is 11.8 Å². The van der Waals surface area contributed by atoms with Gasteiger partial charge in [0.1, 0.15) is 11.5 Å². The highest BCUT2D eigenvalue weighted by molar-refractivity contribution is 7.98. The van der Waals surface area contributed by atoms with E-state index < -0.39 is 0 Å². The molecule has 5 nitrogen and oxygen atoms in total. The van der Waals surface area contributed by atoms with Gasteiger partial charge in [-0.05, 0) is 42.7 Å². The minimum Gasteiger partial charge on any atom is -0.497 e. The van der Waals surface area contributed by atoms with Gasteiger partial charge in [0.25, 0.3) is 0 Å². The number of pyridine rings is 1. The van der Waals surface area contributed by atoms with Crippen LogP contribution in [0.15, 0.2) is 63.5 Å². The van der Waals surface area contributed by atoms with Gasteiger partial charge in [-0.25, -0.2) is 0 Å². The van der Waals surface area contributed by atoms with Crippen LogP contribution in [0.1, 0.15) is 11.1 Å². The second kappa shape index (κ2) is 6.80. The lowest BCUT2D eigenvalue weighted by molar-refractivity contribution is 0.415. The molecule has 0 bridgehead atoms. The van der Waals surface area contributed by atoms with E-state index in [4.69, 9.17) is 10.6 Å². The molecule has 0 fully saturated rings. The lowest BCUT2D eigenvalue weighted by Crippen LogP contribution is -2.21. The van der Waals surface area contributed by atoms with Crippen LogP contribution in [0.5, 0.6) is 5.75 Å². The molecule has 3 aromatic rings. The maximum absolute atomic E-state index is 13.0. The zero-order valence-electron chi connectivity index (χ0n) is 13.4. The first-order valence-electron chi connectivity index (χ1n) is 7.31. The number of H-pyrrole nitrogens is 1. The zero-order valence-corrected chi connectivity index (χ0v) is 14.2. The van der Waals surface area contributed by atoms with Gasteiger partial charge in [-0.1, -0.05) is 12.1 Å². The van der Waals surface area contributed by atoms with Crippen LogP contribution in [0.25, 0.3) is 10.9 Å². The Morgan fingerprint density at radius 2 is 1.88 bits per heavy atom. The lowest BCUT2D eigenvalue weighted by atomic mass is 10.0. The van der Waals surface area contributed by atoms with E-state index in [0.717, 1.165) is 21.9 Å². The van der Waals surface area contributed by atoms with E-state index in [2.05, 4.69) is 10.1 Å². The van der Waals surface area contributed by atoms with Crippen LogP contribution in [0.2, 0.25) is 0 Å². The maximum atomic E-state index is 13.0. The summed E-state index contributed by atoms with van der Waals surface area (Å²) in [6.45, 7) is 0. The quantitative estimate of drug-likeness (QED) is 0.331. The minimum absolute atomic E-state index is 0.0891. The number of hydrazone groups is 1. The van der Waals surface area contributed by atoms with Crippen molar-refractivity contribution in [2.24, 2.45) is 10.9 Å². The van der Waals surface area contributed by atoms with Crippen LogP contribution in [0.3, 0.4) is 0 Å². The highest BCUT2D eigenvalue weighted by Gasteiger charge is 2.18. The monoisotopic (exact) mass is 339 g/mol. The third-order valence-corrected chi connectivity index (χ3v) is 4.52. The number of nitrogens with one attached hydrogen (secondary N) is 1. The highest BCUT2D eigenvalue weighted by Crippen LogP contribution is 2.23. The number of rotatable bonds is 4. The molecule has 0 aliphatic heterocycles. The molecule has 0 amide bonds. The fourth-order valence-corrected chi connectivity index (χ4v) is 3.22. The molecular weight excluding hydrogens is 322 g/mol. The average Bonchev–Trinajstić information content (AvgIpc) is 2.64. The zero-order chi connectivity index (χ0) is 17.1. The Kier molecular flexibility index (Phi) is 4.57. The van der Waals surface area contributed by atoms with Crippen LogP contribution < -0.4 is 16.0 Å². The molecule has 0 unspecified atom stereocenters. The number of para-hydroxylation sites is 1. The Bertz CT molecular complexity index is 962. The molecule has 0 atom stereocenters. The largest absolute Gasteiger partial charge is 0.497 e. The summed E-state index contributed by atoms with van der Waals surface area (Å²) in [5, 5.41) is 5.25. The van der Waals surface area contributed by atoms with Crippen LogP contribution in [0, 0.1) is 0 Å². The van der Waals surface area contributed by atoms with Crippen molar-refractivity contribution in [3.05, 3.63) is 69.9 Å². The number of hydrogen-bond acceptors (Lipinski definition) is 5. The number of benzene rings is 2. The van der Waals surface area contributed by atoms with E-state index in [9.17, 15) is 4.79 Å². The fraction of sp³-hybridized carbons (Fsp3) is 0.111. The summed E-state index contributed by atoms with van der Waals surface area (Å²) in [7, 11) is 1.60. The van der Waals surface area contributed by atoms with Crippen molar-refractivity contribution < 1.29 is 4.74 Å². The molecule has 0 saturated heterocycles. The van der Waals surface area contributed by atoms with Crippen molar-refractivity contribution in [1.82, 2.24) is 4.98 Å². The SMILES string of the molecule is COc1ccc(/C(=N/N)c2c(SC)[nH]c3ccccc3c2=O)cc1. The van der Waals surface area contributed by atoms with Crippen molar-refractivity contribution >= 4 is 28.4 Å². The lowest BCUT2D eigenvalue weighted by Gasteiger charge is -2.12. The van der Waals surface area contributed by atoms with Gasteiger partial charge >= 0.3 is 0 Å². The Balaban J connectivity index is 2.25. The van der Waals surface area contributed by atoms with E-state index in [0.29, 0.717) is 16.7 Å². The smallest absolute Gasteiger partial charge is 0.200 e. The number of nitrogens with zero attached hydrogens (tertiary/aromatic N) is 1. The molecule has 0 saturated carbocycles. The molecule has 2 aromatic carbocycles. The summed E-state index contributed by atoms with van der Waals surface area (Å²) in [6, 6.07) is 14.7. The summed E-state index contributed by atoms with van der Waals surface area (Å²) >= 11 is 1.45. The summed E-state index contributed by atoms with van der Waals surface area (Å²) in [5.74, 6) is 6.37. The maximum Gasteiger partial charge on any atom is 0.200 e. The molecule has 6 heteroatoms. The topological polar surface area (TPSA) is 80.5 Å². The van der Waals surface area contributed by atoms with Gasteiger partial charge in [0.15, 0.2) is 5.43 Å². The number of ether oxygens (including phenoxy) is 1. The first kappa shape index (κ1) is 16.1. The molecule has 3 N–H and O–H groups in total. The Morgan fingerprint density at radius 1 is 1.17 bits per heavy atom. The van der Waals surface area contributed by atoms with E-state index >= 15 is 0 Å². The van der Waals surface area contributed by atoms with Crippen LogP contribution in [0.4, 0.5) is 0 Å². The first-order valence-corrected chi connectivity index (χ1v) is 8.53. The van der Waals surface area contributed by atoms with Crippen molar-refractivity contribution in [2.75, 3.05) is 13.4 Å². The Morgan fingerprint density at radius 3 is 2.50 bits per heavy atom. The van der Waals surface area contributed by atoms with E-state index in [1.807, 2.05) is 48.7 Å².